The molecule has 0 radical (unpaired) electrons. The Morgan fingerprint density at radius 3 is 2.52 bits per heavy atom. The van der Waals surface area contributed by atoms with E-state index in [9.17, 15) is 5.11 Å². The summed E-state index contributed by atoms with van der Waals surface area (Å²) < 4.78 is 0. The first-order valence-electron chi connectivity index (χ1n) is 8.23. The van der Waals surface area contributed by atoms with Gasteiger partial charge in [-0.25, -0.2) is 9.97 Å². The molecule has 0 amide bonds. The van der Waals surface area contributed by atoms with Gasteiger partial charge in [0, 0.05) is 32.2 Å². The molecule has 1 aromatic heterocycles. The average Bonchev–Trinajstić information content (AvgIpc) is 2.93. The third kappa shape index (κ3) is 4.56. The van der Waals surface area contributed by atoms with Gasteiger partial charge in [0.15, 0.2) is 0 Å². The maximum Gasteiger partial charge on any atom is 0.133 e. The number of aliphatic hydroxyl groups excluding tert-OH is 1. The Balaban J connectivity index is 2.00. The monoisotopic (exact) mass is 292 g/mol. The Morgan fingerprint density at radius 2 is 1.86 bits per heavy atom. The van der Waals surface area contributed by atoms with Crippen LogP contribution in [0.5, 0.6) is 0 Å². The zero-order valence-electron chi connectivity index (χ0n) is 13.2. The van der Waals surface area contributed by atoms with Gasteiger partial charge in [0.05, 0.1) is 0 Å². The lowest BCUT2D eigenvalue weighted by Gasteiger charge is -2.18. The molecule has 0 bridgehead atoms. The Bertz CT molecular complexity index is 414. The van der Waals surface area contributed by atoms with Crippen LogP contribution in [0.15, 0.2) is 6.07 Å². The molecule has 118 valence electrons. The summed E-state index contributed by atoms with van der Waals surface area (Å²) in [7, 11) is 0. The lowest BCUT2D eigenvalue weighted by Crippen LogP contribution is -2.21. The highest BCUT2D eigenvalue weighted by Crippen LogP contribution is 2.31. The van der Waals surface area contributed by atoms with E-state index >= 15 is 0 Å². The van der Waals surface area contributed by atoms with Gasteiger partial charge in [0.1, 0.15) is 17.5 Å². The SMILES string of the molecule is CCCc1nc(NCC)cc(NCC2CCCC2CO)n1. The van der Waals surface area contributed by atoms with Crippen molar-refractivity contribution in [2.75, 3.05) is 30.3 Å². The average molecular weight is 292 g/mol. The second-order valence-corrected chi connectivity index (χ2v) is 5.85. The molecule has 2 rings (SSSR count). The van der Waals surface area contributed by atoms with E-state index in [1.807, 2.05) is 6.07 Å². The van der Waals surface area contributed by atoms with Gasteiger partial charge in [0.25, 0.3) is 0 Å². The smallest absolute Gasteiger partial charge is 0.133 e. The van der Waals surface area contributed by atoms with Gasteiger partial charge < -0.3 is 15.7 Å². The maximum atomic E-state index is 9.40. The van der Waals surface area contributed by atoms with Crippen LogP contribution >= 0.6 is 0 Å². The minimum atomic E-state index is 0.305. The number of hydrogen-bond acceptors (Lipinski definition) is 5. The van der Waals surface area contributed by atoms with Gasteiger partial charge in [0.2, 0.25) is 0 Å². The van der Waals surface area contributed by atoms with Crippen molar-refractivity contribution >= 4 is 11.6 Å². The third-order valence-corrected chi connectivity index (χ3v) is 4.20. The highest BCUT2D eigenvalue weighted by atomic mass is 16.3. The van der Waals surface area contributed by atoms with Crippen LogP contribution in [0.4, 0.5) is 11.6 Å². The molecule has 3 N–H and O–H groups in total. The summed E-state index contributed by atoms with van der Waals surface area (Å²) in [6.07, 6.45) is 5.52. The fraction of sp³-hybridized carbons (Fsp3) is 0.750. The molecule has 2 atom stereocenters. The molecule has 0 aromatic carbocycles. The van der Waals surface area contributed by atoms with Crippen molar-refractivity contribution in [3.63, 3.8) is 0 Å². The van der Waals surface area contributed by atoms with Crippen molar-refractivity contribution in [3.8, 4) is 0 Å². The summed E-state index contributed by atoms with van der Waals surface area (Å²) in [4.78, 5) is 9.11. The van der Waals surface area contributed by atoms with Crippen LogP contribution < -0.4 is 10.6 Å². The van der Waals surface area contributed by atoms with Gasteiger partial charge in [-0.15, -0.1) is 0 Å². The number of aryl methyl sites for hydroxylation is 1. The van der Waals surface area contributed by atoms with E-state index in [1.54, 1.807) is 0 Å². The van der Waals surface area contributed by atoms with Gasteiger partial charge >= 0.3 is 0 Å². The normalized spacial score (nSPS) is 21.5. The number of aromatic nitrogens is 2. The zero-order chi connectivity index (χ0) is 15.1. The lowest BCUT2D eigenvalue weighted by molar-refractivity contribution is 0.199. The quantitative estimate of drug-likeness (QED) is 0.687. The Morgan fingerprint density at radius 1 is 1.14 bits per heavy atom. The number of hydrogen-bond donors (Lipinski definition) is 3. The minimum Gasteiger partial charge on any atom is -0.396 e. The van der Waals surface area contributed by atoms with E-state index in [1.165, 1.54) is 12.8 Å². The largest absolute Gasteiger partial charge is 0.396 e. The number of anilines is 2. The van der Waals surface area contributed by atoms with E-state index in [0.717, 1.165) is 49.8 Å². The van der Waals surface area contributed by atoms with Crippen molar-refractivity contribution in [1.82, 2.24) is 9.97 Å². The van der Waals surface area contributed by atoms with Crippen LogP contribution in [0.1, 0.15) is 45.4 Å². The predicted molar refractivity (Wildman–Crippen MR) is 86.6 cm³/mol. The highest BCUT2D eigenvalue weighted by Gasteiger charge is 2.26. The first-order valence-corrected chi connectivity index (χ1v) is 8.23. The fourth-order valence-corrected chi connectivity index (χ4v) is 3.05. The number of nitrogens with zero attached hydrogens (tertiary/aromatic N) is 2. The highest BCUT2D eigenvalue weighted by molar-refractivity contribution is 5.47. The third-order valence-electron chi connectivity index (χ3n) is 4.20. The van der Waals surface area contributed by atoms with Gasteiger partial charge in [-0.2, -0.15) is 0 Å². The Hall–Kier alpha value is -1.36. The van der Waals surface area contributed by atoms with E-state index in [-0.39, 0.29) is 0 Å². The first-order chi connectivity index (χ1) is 10.3. The summed E-state index contributed by atoms with van der Waals surface area (Å²) in [5.74, 6) is 3.69. The molecule has 1 aromatic rings. The zero-order valence-corrected chi connectivity index (χ0v) is 13.2. The molecular weight excluding hydrogens is 264 g/mol. The van der Waals surface area contributed by atoms with E-state index in [0.29, 0.717) is 18.4 Å². The van der Waals surface area contributed by atoms with Crippen LogP contribution in [0.25, 0.3) is 0 Å². The van der Waals surface area contributed by atoms with Crippen LogP contribution in [-0.2, 0) is 6.42 Å². The van der Waals surface area contributed by atoms with E-state index in [2.05, 4.69) is 34.4 Å². The summed E-state index contributed by atoms with van der Waals surface area (Å²) in [6, 6.07) is 1.98. The second kappa shape index (κ2) is 8.17. The van der Waals surface area contributed by atoms with Crippen LogP contribution in [0, 0.1) is 11.8 Å². The van der Waals surface area contributed by atoms with Crippen LogP contribution in [0.2, 0.25) is 0 Å². The molecule has 5 nitrogen and oxygen atoms in total. The fourth-order valence-electron chi connectivity index (χ4n) is 3.05. The van der Waals surface area contributed by atoms with Crippen molar-refractivity contribution in [2.24, 2.45) is 11.8 Å². The van der Waals surface area contributed by atoms with Gasteiger partial charge in [-0.1, -0.05) is 13.3 Å². The van der Waals surface area contributed by atoms with E-state index < -0.39 is 0 Å². The molecule has 0 spiro atoms. The van der Waals surface area contributed by atoms with Crippen molar-refractivity contribution in [3.05, 3.63) is 11.9 Å². The topological polar surface area (TPSA) is 70.1 Å². The lowest BCUT2D eigenvalue weighted by atomic mass is 9.97. The summed E-state index contributed by atoms with van der Waals surface area (Å²) in [5.41, 5.74) is 0. The molecule has 21 heavy (non-hydrogen) atoms. The number of aliphatic hydroxyl groups is 1. The Kier molecular flexibility index (Phi) is 6.23. The molecule has 1 saturated carbocycles. The van der Waals surface area contributed by atoms with Crippen molar-refractivity contribution in [1.29, 1.82) is 0 Å². The summed E-state index contributed by atoms with van der Waals surface area (Å²) >= 11 is 0. The predicted octanol–water partition coefficient (Wildman–Crippen LogP) is 2.68. The molecule has 1 fully saturated rings. The minimum absolute atomic E-state index is 0.305. The molecule has 1 heterocycles. The molecular formula is C16H28N4O. The standard InChI is InChI=1S/C16H28N4O/c1-3-6-14-19-15(17-4-2)9-16(20-14)18-10-12-7-5-8-13(12)11-21/h9,12-13,21H,3-8,10-11H2,1-2H3,(H2,17,18,19,20). The van der Waals surface area contributed by atoms with Crippen LogP contribution in [0.3, 0.4) is 0 Å². The molecule has 5 heteroatoms. The van der Waals surface area contributed by atoms with E-state index in [4.69, 9.17) is 0 Å². The molecule has 0 saturated heterocycles. The summed E-state index contributed by atoms with van der Waals surface area (Å²) in [6.45, 7) is 6.26. The maximum absolute atomic E-state index is 9.40. The van der Waals surface area contributed by atoms with Crippen LogP contribution in [-0.4, -0.2) is 34.8 Å². The van der Waals surface area contributed by atoms with Gasteiger partial charge in [-0.3, -0.25) is 0 Å². The Labute approximate surface area is 127 Å². The van der Waals surface area contributed by atoms with Crippen molar-refractivity contribution in [2.45, 2.75) is 46.0 Å². The van der Waals surface area contributed by atoms with Gasteiger partial charge in [-0.05, 0) is 38.0 Å². The second-order valence-electron chi connectivity index (χ2n) is 5.85. The molecule has 0 aliphatic heterocycles. The number of rotatable bonds is 8. The summed E-state index contributed by atoms with van der Waals surface area (Å²) in [5, 5.41) is 16.1. The molecule has 1 aliphatic rings. The van der Waals surface area contributed by atoms with Crippen molar-refractivity contribution < 1.29 is 5.11 Å². The molecule has 1 aliphatic carbocycles. The number of nitrogens with one attached hydrogen (secondary N) is 2. The first kappa shape index (κ1) is 16.0. The molecule has 2 unspecified atom stereocenters.